The molecule has 0 amide bonds. The molecule has 4 nitrogen and oxygen atoms in total. The van der Waals surface area contributed by atoms with Crippen molar-refractivity contribution in [2.24, 2.45) is 10.7 Å². The molecular formula is C27H21N4P. The lowest BCUT2D eigenvalue weighted by Crippen LogP contribution is -2.06. The Morgan fingerprint density at radius 2 is 1.75 bits per heavy atom. The van der Waals surface area contributed by atoms with Gasteiger partial charge in [-0.05, 0) is 53.0 Å². The Balaban J connectivity index is 1.64. The van der Waals surface area contributed by atoms with Gasteiger partial charge in [-0.1, -0.05) is 60.7 Å². The van der Waals surface area contributed by atoms with Crippen LogP contribution in [0.4, 0.5) is 0 Å². The maximum Gasteiger partial charge on any atom is 0.0991 e. The van der Waals surface area contributed by atoms with Crippen molar-refractivity contribution in [2.45, 2.75) is 13.3 Å². The number of aliphatic imine (C=N–C) groups is 1. The van der Waals surface area contributed by atoms with Crippen molar-refractivity contribution < 1.29 is 0 Å². The highest BCUT2D eigenvalue weighted by molar-refractivity contribution is 7.74. The summed E-state index contributed by atoms with van der Waals surface area (Å²) in [7, 11) is -1.13. The number of benzene rings is 2. The average Bonchev–Trinajstić information content (AvgIpc) is 2.85. The molecule has 0 saturated carbocycles. The standard InChI is InChI=1S/C27H21N4P/c1-19-21-5-2-3-8-26(30)27(25(19)7-4-6-21)31-22-11-15-24(16-12-22)32(18-29)23-13-9-20(17-28)10-14-23/h2-11,13-16H,12,30H2,1H3/b5-2-,8-3-,27-26-,31-22?. The highest BCUT2D eigenvalue weighted by atomic mass is 31.1. The van der Waals surface area contributed by atoms with E-state index in [1.54, 1.807) is 12.1 Å². The van der Waals surface area contributed by atoms with Crippen molar-refractivity contribution in [1.82, 2.24) is 0 Å². The summed E-state index contributed by atoms with van der Waals surface area (Å²) in [5.41, 5.74) is 12.5. The molecule has 154 valence electrons. The molecule has 2 aliphatic carbocycles. The molecule has 2 bridgehead atoms. The zero-order chi connectivity index (χ0) is 22.5. The van der Waals surface area contributed by atoms with Gasteiger partial charge in [0.25, 0.3) is 0 Å². The molecule has 0 spiro atoms. The van der Waals surface area contributed by atoms with Crippen molar-refractivity contribution in [2.75, 3.05) is 0 Å². The third-order valence-electron chi connectivity index (χ3n) is 5.40. The summed E-state index contributed by atoms with van der Waals surface area (Å²) >= 11 is 0. The normalized spacial score (nSPS) is 21.3. The largest absolute Gasteiger partial charge is 0.397 e. The average molecular weight is 432 g/mol. The van der Waals surface area contributed by atoms with E-state index in [1.807, 2.05) is 54.6 Å². The van der Waals surface area contributed by atoms with Crippen LogP contribution in [0.25, 0.3) is 11.8 Å². The molecule has 5 heteroatoms. The minimum Gasteiger partial charge on any atom is -0.397 e. The molecule has 0 fully saturated rings. The van der Waals surface area contributed by atoms with Gasteiger partial charge in [0.2, 0.25) is 0 Å². The predicted octanol–water partition coefficient (Wildman–Crippen LogP) is 5.65. The maximum atomic E-state index is 9.78. The number of nitrogens with zero attached hydrogens (tertiary/aromatic N) is 3. The molecule has 0 aliphatic heterocycles. The number of hydrogen-bond acceptors (Lipinski definition) is 4. The molecule has 2 aliphatic rings. The zero-order valence-corrected chi connectivity index (χ0v) is 18.6. The van der Waals surface area contributed by atoms with Crippen molar-refractivity contribution >= 4 is 30.7 Å². The second-order valence-electron chi connectivity index (χ2n) is 7.41. The van der Waals surface area contributed by atoms with E-state index >= 15 is 0 Å². The first-order chi connectivity index (χ1) is 15.6. The van der Waals surface area contributed by atoms with Gasteiger partial charge in [0.1, 0.15) is 0 Å². The Morgan fingerprint density at radius 3 is 2.44 bits per heavy atom. The van der Waals surface area contributed by atoms with Crippen LogP contribution < -0.4 is 11.0 Å². The highest BCUT2D eigenvalue weighted by Gasteiger charge is 2.18. The van der Waals surface area contributed by atoms with Gasteiger partial charge in [0.15, 0.2) is 0 Å². The fourth-order valence-corrected chi connectivity index (χ4v) is 5.11. The van der Waals surface area contributed by atoms with Gasteiger partial charge < -0.3 is 5.73 Å². The monoisotopic (exact) mass is 432 g/mol. The predicted molar refractivity (Wildman–Crippen MR) is 133 cm³/mol. The Morgan fingerprint density at radius 1 is 0.969 bits per heavy atom. The van der Waals surface area contributed by atoms with Gasteiger partial charge in [-0.25, -0.2) is 0 Å². The second-order valence-corrected chi connectivity index (χ2v) is 9.31. The first kappa shape index (κ1) is 21.3. The van der Waals surface area contributed by atoms with Crippen LogP contribution in [-0.4, -0.2) is 5.71 Å². The van der Waals surface area contributed by atoms with Gasteiger partial charge in [0, 0.05) is 17.7 Å². The lowest BCUT2D eigenvalue weighted by molar-refractivity contribution is 1.30. The summed E-state index contributed by atoms with van der Waals surface area (Å²) < 4.78 is 0. The Labute approximate surface area is 189 Å². The quantitative estimate of drug-likeness (QED) is 0.636. The summed E-state index contributed by atoms with van der Waals surface area (Å²) in [4.78, 5) is 4.92. The number of hydrogen-bond donors (Lipinski definition) is 1. The van der Waals surface area contributed by atoms with E-state index in [9.17, 15) is 5.26 Å². The summed E-state index contributed by atoms with van der Waals surface area (Å²) in [6.07, 6.45) is 14.5. The van der Waals surface area contributed by atoms with Crippen LogP contribution in [0.5, 0.6) is 0 Å². The molecule has 2 N–H and O–H groups in total. The highest BCUT2D eigenvalue weighted by Crippen LogP contribution is 2.44. The summed E-state index contributed by atoms with van der Waals surface area (Å²) in [5.74, 6) is 2.44. The van der Waals surface area contributed by atoms with E-state index in [0.29, 0.717) is 17.7 Å². The van der Waals surface area contributed by atoms with Crippen LogP contribution in [0.1, 0.15) is 28.7 Å². The van der Waals surface area contributed by atoms with E-state index in [0.717, 1.165) is 38.7 Å². The molecule has 4 rings (SSSR count). The topological polar surface area (TPSA) is 86.0 Å². The lowest BCUT2D eigenvalue weighted by Gasteiger charge is -2.16. The maximum absolute atomic E-state index is 9.78. The minimum atomic E-state index is -1.13. The molecule has 1 atom stereocenters. The van der Waals surface area contributed by atoms with E-state index in [2.05, 4.69) is 37.0 Å². The smallest absolute Gasteiger partial charge is 0.0991 e. The van der Waals surface area contributed by atoms with Crippen LogP contribution in [0, 0.1) is 29.3 Å². The fourth-order valence-electron chi connectivity index (χ4n) is 3.64. The molecule has 2 aromatic rings. The van der Waals surface area contributed by atoms with Crippen molar-refractivity contribution in [3.8, 4) is 11.9 Å². The van der Waals surface area contributed by atoms with Crippen molar-refractivity contribution in [3.63, 3.8) is 0 Å². The fraction of sp³-hybridized carbons (Fsp3) is 0.0741. The molecule has 32 heavy (non-hydrogen) atoms. The van der Waals surface area contributed by atoms with Crippen LogP contribution in [0.3, 0.4) is 0 Å². The van der Waals surface area contributed by atoms with Crippen molar-refractivity contribution in [3.05, 3.63) is 112 Å². The number of fused-ring (bicyclic) bond motifs is 2. The van der Waals surface area contributed by atoms with Crippen LogP contribution >= 0.6 is 7.92 Å². The summed E-state index contributed by atoms with van der Waals surface area (Å²) in [6.45, 7) is 2.08. The molecule has 0 heterocycles. The molecule has 0 saturated heterocycles. The van der Waals surface area contributed by atoms with E-state index < -0.39 is 7.92 Å². The van der Waals surface area contributed by atoms with Crippen LogP contribution in [0.15, 0.2) is 94.9 Å². The number of allylic oxidation sites excluding steroid dienone is 7. The van der Waals surface area contributed by atoms with E-state index in [-0.39, 0.29) is 0 Å². The summed E-state index contributed by atoms with van der Waals surface area (Å²) in [6, 6.07) is 15.5. The van der Waals surface area contributed by atoms with Gasteiger partial charge in [-0.2, -0.15) is 10.5 Å². The molecule has 0 radical (unpaired) electrons. The Kier molecular flexibility index (Phi) is 6.27. The van der Waals surface area contributed by atoms with Gasteiger partial charge in [-0.15, -0.1) is 0 Å². The van der Waals surface area contributed by atoms with E-state index in [1.165, 1.54) is 0 Å². The lowest BCUT2D eigenvalue weighted by atomic mass is 9.99. The second kappa shape index (κ2) is 9.44. The third kappa shape index (κ3) is 4.37. The zero-order valence-electron chi connectivity index (χ0n) is 17.7. The molecule has 2 aromatic carbocycles. The third-order valence-corrected chi connectivity index (χ3v) is 7.26. The Hall–Kier alpha value is -3.98. The van der Waals surface area contributed by atoms with Crippen molar-refractivity contribution in [1.29, 1.82) is 10.5 Å². The van der Waals surface area contributed by atoms with Gasteiger partial charge in [-0.3, -0.25) is 4.99 Å². The van der Waals surface area contributed by atoms with Gasteiger partial charge >= 0.3 is 0 Å². The molecular weight excluding hydrogens is 411 g/mol. The molecule has 1 unspecified atom stereocenters. The van der Waals surface area contributed by atoms with E-state index in [4.69, 9.17) is 16.0 Å². The first-order valence-corrected chi connectivity index (χ1v) is 11.5. The SMILES string of the molecule is Cc1c2cccc1\C(N=C1C=CC(P(C#N)c3ccc(C#N)cc3)=CC1)=C(N)/C=C\C=C/2. The number of nitrogens with two attached hydrogens (primary N) is 1. The molecule has 0 aromatic heterocycles. The summed E-state index contributed by atoms with van der Waals surface area (Å²) in [5, 5.41) is 20.7. The van der Waals surface area contributed by atoms with Crippen LogP contribution in [0.2, 0.25) is 0 Å². The van der Waals surface area contributed by atoms with Crippen LogP contribution in [-0.2, 0) is 0 Å². The first-order valence-electron chi connectivity index (χ1n) is 10.2. The van der Waals surface area contributed by atoms with Gasteiger partial charge in [0.05, 0.1) is 36.8 Å². The Bertz CT molecular complexity index is 1320. The number of nitriles is 2. The number of rotatable bonds is 3. The minimum absolute atomic E-state index is 0.591.